The van der Waals surface area contributed by atoms with Crippen LogP contribution in [0.25, 0.3) is 5.69 Å². The fourth-order valence-corrected chi connectivity index (χ4v) is 5.42. The number of carbonyl (C=O) groups is 1. The molecule has 3 aromatic carbocycles. The monoisotopic (exact) mass is 709 g/mol. The van der Waals surface area contributed by atoms with Crippen molar-refractivity contribution < 1.29 is 23.4 Å². The summed E-state index contributed by atoms with van der Waals surface area (Å²) in [5.74, 6) is 1.53. The van der Waals surface area contributed by atoms with Gasteiger partial charge in [0.15, 0.2) is 17.3 Å². The average molecular weight is 711 g/mol. The Morgan fingerprint density at radius 3 is 2.40 bits per heavy atom. The lowest BCUT2D eigenvalue weighted by molar-refractivity contribution is 0.0923. The molecular formula is C34H30BrCl2N3O5. The van der Waals surface area contributed by atoms with E-state index in [0.717, 1.165) is 22.6 Å². The second-order valence-corrected chi connectivity index (χ2v) is 11.5. The Labute approximate surface area is 279 Å². The summed E-state index contributed by atoms with van der Waals surface area (Å²) in [6.07, 6.45) is 1.45. The van der Waals surface area contributed by atoms with Crippen LogP contribution in [0.1, 0.15) is 45.8 Å². The molecule has 5 rings (SSSR count). The molecule has 2 aromatic heterocycles. The van der Waals surface area contributed by atoms with Crippen molar-refractivity contribution in [3.63, 3.8) is 0 Å². The van der Waals surface area contributed by atoms with Crippen LogP contribution in [0.5, 0.6) is 17.2 Å². The fraction of sp³-hybridized carbons (Fsp3) is 0.176. The minimum absolute atomic E-state index is 0.0927. The van der Waals surface area contributed by atoms with E-state index in [1.54, 1.807) is 24.3 Å². The Kier molecular flexibility index (Phi) is 10.5. The number of nitrogens with zero attached hydrogens (tertiary/aromatic N) is 2. The third-order valence-corrected chi connectivity index (χ3v) is 8.60. The summed E-state index contributed by atoms with van der Waals surface area (Å²) in [6, 6.07) is 24.3. The number of hydrogen-bond acceptors (Lipinski definition) is 6. The van der Waals surface area contributed by atoms with Gasteiger partial charge in [0.05, 0.1) is 12.8 Å². The number of rotatable bonds is 12. The van der Waals surface area contributed by atoms with Gasteiger partial charge < -0.3 is 23.2 Å². The van der Waals surface area contributed by atoms with Crippen molar-refractivity contribution in [2.45, 2.75) is 34.0 Å². The molecule has 0 bridgehead atoms. The van der Waals surface area contributed by atoms with Gasteiger partial charge in [-0.25, -0.2) is 5.43 Å². The number of amides is 1. The van der Waals surface area contributed by atoms with Crippen LogP contribution >= 0.6 is 39.1 Å². The summed E-state index contributed by atoms with van der Waals surface area (Å²) in [7, 11) is 0. The number of hydrogen-bond donors (Lipinski definition) is 1. The maximum atomic E-state index is 12.7. The molecule has 0 aliphatic rings. The average Bonchev–Trinajstić information content (AvgIpc) is 3.65. The van der Waals surface area contributed by atoms with Crippen LogP contribution in [-0.2, 0) is 13.2 Å². The molecule has 11 heteroatoms. The molecular weight excluding hydrogens is 681 g/mol. The molecule has 0 unspecified atom stereocenters. The predicted octanol–water partition coefficient (Wildman–Crippen LogP) is 9.08. The standard InChI is InChI=1S/C34H30BrCl2N3O5/c1-4-42-30-17-24(31(35)32(37)33(30)44-19-23-7-5-6-8-28(23)36)18-38-39-34(41)29-16-15-27(45-29)20-43-26-13-11-25(12-14-26)40-21(2)9-10-22(40)3/h5-18H,4,19-20H2,1-3H3,(H,39,41)/b38-18+. The van der Waals surface area contributed by atoms with Crippen molar-refractivity contribution in [1.29, 1.82) is 0 Å². The highest BCUT2D eigenvalue weighted by atomic mass is 79.9. The highest BCUT2D eigenvalue weighted by Crippen LogP contribution is 2.43. The Morgan fingerprint density at radius 2 is 1.69 bits per heavy atom. The van der Waals surface area contributed by atoms with Gasteiger partial charge in [-0.3, -0.25) is 4.79 Å². The van der Waals surface area contributed by atoms with Crippen LogP contribution < -0.4 is 19.6 Å². The lowest BCUT2D eigenvalue weighted by Gasteiger charge is -2.16. The molecule has 0 saturated heterocycles. The Hall–Kier alpha value is -4.18. The Morgan fingerprint density at radius 1 is 0.956 bits per heavy atom. The van der Waals surface area contributed by atoms with Gasteiger partial charge in [0.25, 0.3) is 0 Å². The Bertz CT molecular complexity index is 1810. The second kappa shape index (κ2) is 14.7. The highest BCUT2D eigenvalue weighted by molar-refractivity contribution is 9.10. The summed E-state index contributed by atoms with van der Waals surface area (Å²) in [4.78, 5) is 12.7. The first-order valence-electron chi connectivity index (χ1n) is 14.1. The molecule has 8 nitrogen and oxygen atoms in total. The number of halogens is 3. The molecule has 2 heterocycles. The topological polar surface area (TPSA) is 87.2 Å². The molecule has 0 fully saturated rings. The van der Waals surface area contributed by atoms with Gasteiger partial charge in [0.2, 0.25) is 0 Å². The van der Waals surface area contributed by atoms with Crippen molar-refractivity contribution in [3.8, 4) is 22.9 Å². The maximum Gasteiger partial charge on any atom is 0.307 e. The van der Waals surface area contributed by atoms with Crippen LogP contribution in [0.15, 0.2) is 92.9 Å². The van der Waals surface area contributed by atoms with E-state index in [2.05, 4.69) is 57.0 Å². The van der Waals surface area contributed by atoms with E-state index in [1.807, 2.05) is 49.4 Å². The number of nitrogens with one attached hydrogen (secondary N) is 1. The Balaban J connectivity index is 1.19. The van der Waals surface area contributed by atoms with E-state index in [0.29, 0.717) is 49.7 Å². The van der Waals surface area contributed by atoms with Crippen molar-refractivity contribution in [1.82, 2.24) is 9.99 Å². The number of furan rings is 1. The highest BCUT2D eigenvalue weighted by Gasteiger charge is 2.18. The fourth-order valence-electron chi connectivity index (χ4n) is 4.58. The largest absolute Gasteiger partial charge is 0.490 e. The molecule has 5 aromatic rings. The summed E-state index contributed by atoms with van der Waals surface area (Å²) in [5.41, 5.74) is 7.22. The third-order valence-electron chi connectivity index (χ3n) is 6.79. The molecule has 1 amide bonds. The van der Waals surface area contributed by atoms with Gasteiger partial charge in [-0.15, -0.1) is 0 Å². The number of benzene rings is 3. The van der Waals surface area contributed by atoms with Crippen LogP contribution in [-0.4, -0.2) is 23.3 Å². The molecule has 1 N–H and O–H groups in total. The SMILES string of the molecule is CCOc1cc(/C=N/NC(=O)c2ccc(COc3ccc(-n4c(C)ccc4C)cc3)o2)c(Br)c(Cl)c1OCc1ccccc1Cl. The molecule has 0 atom stereocenters. The first-order chi connectivity index (χ1) is 21.7. The van der Waals surface area contributed by atoms with E-state index in [1.165, 1.54) is 6.21 Å². The molecule has 0 aliphatic carbocycles. The van der Waals surface area contributed by atoms with Crippen molar-refractivity contribution in [2.75, 3.05) is 6.61 Å². The number of ether oxygens (including phenoxy) is 3. The molecule has 0 radical (unpaired) electrons. The van der Waals surface area contributed by atoms with Crippen LogP contribution in [0, 0.1) is 13.8 Å². The van der Waals surface area contributed by atoms with E-state index >= 15 is 0 Å². The minimum Gasteiger partial charge on any atom is -0.490 e. The summed E-state index contributed by atoms with van der Waals surface area (Å²) >= 11 is 16.4. The lowest BCUT2D eigenvalue weighted by Crippen LogP contribution is -2.16. The van der Waals surface area contributed by atoms with Crippen molar-refractivity contribution >= 4 is 51.3 Å². The minimum atomic E-state index is -0.522. The first kappa shape index (κ1) is 32.2. The molecule has 0 saturated carbocycles. The molecule has 0 aliphatic heterocycles. The zero-order valence-corrected chi connectivity index (χ0v) is 27.9. The van der Waals surface area contributed by atoms with Crippen molar-refractivity contribution in [2.24, 2.45) is 5.10 Å². The van der Waals surface area contributed by atoms with Gasteiger partial charge in [-0.2, -0.15) is 5.10 Å². The van der Waals surface area contributed by atoms with Gasteiger partial charge in [-0.05, 0) is 97.4 Å². The summed E-state index contributed by atoms with van der Waals surface area (Å²) in [6.45, 7) is 6.74. The molecule has 45 heavy (non-hydrogen) atoms. The van der Waals surface area contributed by atoms with Crippen LogP contribution in [0.2, 0.25) is 10.0 Å². The number of aromatic nitrogens is 1. The van der Waals surface area contributed by atoms with E-state index in [-0.39, 0.29) is 19.0 Å². The smallest absolute Gasteiger partial charge is 0.307 e. The normalized spacial score (nSPS) is 11.2. The van der Waals surface area contributed by atoms with Gasteiger partial charge in [-0.1, -0.05) is 41.4 Å². The number of aryl methyl sites for hydroxylation is 2. The van der Waals surface area contributed by atoms with Crippen molar-refractivity contribution in [3.05, 3.63) is 127 Å². The summed E-state index contributed by atoms with van der Waals surface area (Å²) in [5, 5.41) is 4.96. The van der Waals surface area contributed by atoms with E-state index < -0.39 is 5.91 Å². The maximum absolute atomic E-state index is 12.7. The van der Waals surface area contributed by atoms with Gasteiger partial charge >= 0.3 is 5.91 Å². The van der Waals surface area contributed by atoms with E-state index in [9.17, 15) is 4.79 Å². The zero-order chi connectivity index (χ0) is 31.9. The zero-order valence-electron chi connectivity index (χ0n) is 24.8. The number of carbonyl (C=O) groups excluding carboxylic acids is 1. The quantitative estimate of drug-likeness (QED) is 0.103. The third kappa shape index (κ3) is 7.73. The number of hydrazone groups is 1. The molecule has 232 valence electrons. The van der Waals surface area contributed by atoms with Gasteiger partial charge in [0.1, 0.15) is 29.7 Å². The van der Waals surface area contributed by atoms with E-state index in [4.69, 9.17) is 41.8 Å². The summed E-state index contributed by atoms with van der Waals surface area (Å²) < 4.78 is 26.0. The van der Waals surface area contributed by atoms with Crippen LogP contribution in [0.4, 0.5) is 0 Å². The lowest BCUT2D eigenvalue weighted by atomic mass is 10.2. The molecule has 0 spiro atoms. The first-order valence-corrected chi connectivity index (χ1v) is 15.6. The second-order valence-electron chi connectivity index (χ2n) is 9.93. The predicted molar refractivity (Wildman–Crippen MR) is 179 cm³/mol. The van der Waals surface area contributed by atoms with Crippen LogP contribution in [0.3, 0.4) is 0 Å². The van der Waals surface area contributed by atoms with Gasteiger partial charge in [0, 0.05) is 37.7 Å².